The van der Waals surface area contributed by atoms with Gasteiger partial charge in [0.15, 0.2) is 5.13 Å². The zero-order valence-electron chi connectivity index (χ0n) is 18.6. The minimum Gasteiger partial charge on any atom is -0.492 e. The number of aromatic nitrogens is 1. The number of carbonyl (C=O) groups excluding carboxylic acids is 1. The molecule has 0 fully saturated rings. The highest BCUT2D eigenvalue weighted by Gasteiger charge is 2.24. The zero-order valence-corrected chi connectivity index (χ0v) is 19.4. The summed E-state index contributed by atoms with van der Waals surface area (Å²) in [5, 5.41) is 0.729. The molecule has 0 saturated heterocycles. The van der Waals surface area contributed by atoms with Crippen LogP contribution in [0, 0.1) is 13.8 Å². The second-order valence-electron chi connectivity index (χ2n) is 7.50. The Bertz CT molecular complexity index is 1010. The summed E-state index contributed by atoms with van der Waals surface area (Å²) in [7, 11) is 0. The van der Waals surface area contributed by atoms with Crippen molar-refractivity contribution >= 4 is 32.6 Å². The molecular weight excluding hydrogens is 394 g/mol. The van der Waals surface area contributed by atoms with Crippen molar-refractivity contribution in [2.24, 2.45) is 0 Å². The minimum atomic E-state index is 0.00155. The highest BCUT2D eigenvalue weighted by Crippen LogP contribution is 2.34. The van der Waals surface area contributed by atoms with Crippen LogP contribution in [0.1, 0.15) is 42.3 Å². The topological polar surface area (TPSA) is 46.9 Å². The molecule has 1 N–H and O–H groups in total. The molecule has 0 bridgehead atoms. The molecule has 3 rings (SSSR count). The van der Waals surface area contributed by atoms with Gasteiger partial charge in [0.05, 0.1) is 37.5 Å². The molecule has 3 aromatic rings. The minimum absolute atomic E-state index is 0.00155. The fourth-order valence-corrected chi connectivity index (χ4v) is 4.49. The molecule has 160 valence electrons. The molecular formula is C24H32N3O2S+. The first kappa shape index (κ1) is 22.2. The van der Waals surface area contributed by atoms with Crippen LogP contribution in [0.15, 0.2) is 36.4 Å². The van der Waals surface area contributed by atoms with Gasteiger partial charge in [-0.1, -0.05) is 23.5 Å². The molecule has 0 aliphatic rings. The van der Waals surface area contributed by atoms with Crippen LogP contribution in [0.3, 0.4) is 0 Å². The molecule has 0 aliphatic heterocycles. The molecule has 0 radical (unpaired) electrons. The Morgan fingerprint density at radius 3 is 2.53 bits per heavy atom. The Labute approximate surface area is 183 Å². The van der Waals surface area contributed by atoms with Gasteiger partial charge in [0.25, 0.3) is 5.91 Å². The maximum absolute atomic E-state index is 13.5. The van der Waals surface area contributed by atoms with E-state index in [-0.39, 0.29) is 5.91 Å². The van der Waals surface area contributed by atoms with Crippen molar-refractivity contribution in [2.45, 2.75) is 34.6 Å². The molecule has 1 heterocycles. The van der Waals surface area contributed by atoms with E-state index in [2.05, 4.69) is 20.8 Å². The summed E-state index contributed by atoms with van der Waals surface area (Å²) in [6, 6.07) is 11.9. The summed E-state index contributed by atoms with van der Waals surface area (Å²) in [5.41, 5.74) is 3.84. The van der Waals surface area contributed by atoms with Crippen LogP contribution in [-0.4, -0.2) is 43.7 Å². The van der Waals surface area contributed by atoms with E-state index in [1.54, 1.807) is 11.3 Å². The van der Waals surface area contributed by atoms with E-state index in [0.717, 1.165) is 46.3 Å². The van der Waals surface area contributed by atoms with Gasteiger partial charge in [-0.15, -0.1) is 0 Å². The van der Waals surface area contributed by atoms with Gasteiger partial charge in [0.1, 0.15) is 11.3 Å². The smallest absolute Gasteiger partial charge is 0.260 e. The number of aryl methyl sites for hydroxylation is 2. The van der Waals surface area contributed by atoms with Gasteiger partial charge in [-0.25, -0.2) is 4.98 Å². The number of nitrogens with zero attached hydrogens (tertiary/aromatic N) is 2. The highest BCUT2D eigenvalue weighted by molar-refractivity contribution is 7.22. The highest BCUT2D eigenvalue weighted by atomic mass is 32.1. The third kappa shape index (κ3) is 4.82. The summed E-state index contributed by atoms with van der Waals surface area (Å²) in [4.78, 5) is 21.7. The number of nitrogens with one attached hydrogen (secondary N) is 1. The molecule has 1 amide bonds. The first-order valence-electron chi connectivity index (χ1n) is 10.7. The number of quaternary nitrogens is 1. The Kier molecular flexibility index (Phi) is 7.45. The van der Waals surface area contributed by atoms with Gasteiger partial charge < -0.3 is 9.64 Å². The van der Waals surface area contributed by atoms with Crippen molar-refractivity contribution in [3.8, 4) is 5.75 Å². The number of carbonyl (C=O) groups is 1. The monoisotopic (exact) mass is 426 g/mol. The van der Waals surface area contributed by atoms with Crippen LogP contribution in [0.4, 0.5) is 5.13 Å². The van der Waals surface area contributed by atoms with Gasteiger partial charge in [0, 0.05) is 5.56 Å². The van der Waals surface area contributed by atoms with Crippen LogP contribution in [0.2, 0.25) is 0 Å². The van der Waals surface area contributed by atoms with E-state index in [0.29, 0.717) is 18.7 Å². The van der Waals surface area contributed by atoms with Crippen LogP contribution < -0.4 is 14.5 Å². The van der Waals surface area contributed by atoms with E-state index >= 15 is 0 Å². The molecule has 6 heteroatoms. The molecule has 1 aromatic heterocycles. The Morgan fingerprint density at radius 1 is 1.10 bits per heavy atom. The second kappa shape index (κ2) is 10.0. The van der Waals surface area contributed by atoms with E-state index in [9.17, 15) is 4.79 Å². The standard InChI is InChI=1S/C24H31N3O2S/c1-6-26(7-2)14-15-27(23(28)19-13-12-17(4)18(5)16-19)24-25-22-20(29-8-3)10-9-11-21(22)30-24/h9-13,16H,6-8,14-15H2,1-5H3/p+1. The number of fused-ring (bicyclic) bond motifs is 1. The summed E-state index contributed by atoms with van der Waals surface area (Å²) in [6.07, 6.45) is 0. The van der Waals surface area contributed by atoms with Crippen LogP contribution in [0.25, 0.3) is 10.2 Å². The number of hydrogen-bond donors (Lipinski definition) is 1. The van der Waals surface area contributed by atoms with E-state index < -0.39 is 0 Å². The number of ether oxygens (including phenoxy) is 1. The lowest BCUT2D eigenvalue weighted by molar-refractivity contribution is -0.894. The van der Waals surface area contributed by atoms with Crippen molar-refractivity contribution < 1.29 is 14.4 Å². The fraction of sp³-hybridized carbons (Fsp3) is 0.417. The molecule has 30 heavy (non-hydrogen) atoms. The van der Waals surface area contributed by atoms with Gasteiger partial charge in [-0.2, -0.15) is 0 Å². The van der Waals surface area contributed by atoms with E-state index in [4.69, 9.17) is 9.72 Å². The Balaban J connectivity index is 2.00. The summed E-state index contributed by atoms with van der Waals surface area (Å²) >= 11 is 1.55. The lowest BCUT2D eigenvalue weighted by Crippen LogP contribution is -3.12. The van der Waals surface area contributed by atoms with Crippen molar-refractivity contribution in [3.05, 3.63) is 53.1 Å². The molecule has 0 saturated carbocycles. The molecule has 2 aromatic carbocycles. The number of rotatable bonds is 9. The van der Waals surface area contributed by atoms with Crippen molar-refractivity contribution in [2.75, 3.05) is 37.7 Å². The first-order valence-corrected chi connectivity index (χ1v) is 11.5. The second-order valence-corrected chi connectivity index (χ2v) is 8.50. The first-order chi connectivity index (χ1) is 14.5. The van der Waals surface area contributed by atoms with Crippen LogP contribution >= 0.6 is 11.3 Å². The Hall–Kier alpha value is -2.44. The summed E-state index contributed by atoms with van der Waals surface area (Å²) < 4.78 is 6.79. The number of likely N-dealkylation sites (N-methyl/N-ethyl adjacent to an activating group) is 1. The van der Waals surface area contributed by atoms with Crippen molar-refractivity contribution in [1.82, 2.24) is 4.98 Å². The molecule has 0 aliphatic carbocycles. The fourth-order valence-electron chi connectivity index (χ4n) is 3.49. The quantitative estimate of drug-likeness (QED) is 0.565. The molecule has 0 unspecified atom stereocenters. The van der Waals surface area contributed by atoms with Gasteiger partial charge in [-0.3, -0.25) is 9.69 Å². The van der Waals surface area contributed by atoms with Gasteiger partial charge >= 0.3 is 0 Å². The lowest BCUT2D eigenvalue weighted by atomic mass is 10.1. The van der Waals surface area contributed by atoms with Crippen LogP contribution in [-0.2, 0) is 0 Å². The van der Waals surface area contributed by atoms with E-state index in [1.807, 2.05) is 55.1 Å². The number of amides is 1. The number of anilines is 1. The number of benzene rings is 2. The molecule has 0 spiro atoms. The maximum atomic E-state index is 13.5. The van der Waals surface area contributed by atoms with Crippen molar-refractivity contribution in [3.63, 3.8) is 0 Å². The van der Waals surface area contributed by atoms with E-state index in [1.165, 1.54) is 10.5 Å². The summed E-state index contributed by atoms with van der Waals surface area (Å²) in [5.74, 6) is 0.770. The van der Waals surface area contributed by atoms with Crippen LogP contribution in [0.5, 0.6) is 5.75 Å². The molecule has 0 atom stereocenters. The zero-order chi connectivity index (χ0) is 21.7. The number of thiazole rings is 1. The SMILES string of the molecule is CCOc1cccc2sc(N(CC[NH+](CC)CC)C(=O)c3ccc(C)c(C)c3)nc12. The normalized spacial score (nSPS) is 11.3. The van der Waals surface area contributed by atoms with Gasteiger partial charge in [-0.05, 0) is 70.0 Å². The largest absolute Gasteiger partial charge is 0.492 e. The average molecular weight is 427 g/mol. The van der Waals surface area contributed by atoms with Crippen molar-refractivity contribution in [1.29, 1.82) is 0 Å². The molecule has 5 nitrogen and oxygen atoms in total. The predicted molar refractivity (Wildman–Crippen MR) is 125 cm³/mol. The lowest BCUT2D eigenvalue weighted by Gasteiger charge is -2.23. The van der Waals surface area contributed by atoms with Gasteiger partial charge in [0.2, 0.25) is 0 Å². The number of hydrogen-bond acceptors (Lipinski definition) is 4. The number of para-hydroxylation sites is 1. The summed E-state index contributed by atoms with van der Waals surface area (Å²) in [6.45, 7) is 14.6. The maximum Gasteiger partial charge on any atom is 0.260 e. The average Bonchev–Trinajstić information content (AvgIpc) is 3.18. The third-order valence-electron chi connectivity index (χ3n) is 5.59. The third-order valence-corrected chi connectivity index (χ3v) is 6.63. The predicted octanol–water partition coefficient (Wildman–Crippen LogP) is 3.88. The Morgan fingerprint density at radius 2 is 1.87 bits per heavy atom.